The van der Waals surface area contributed by atoms with Crippen LogP contribution in [0, 0.1) is 5.82 Å². The van der Waals surface area contributed by atoms with Crippen molar-refractivity contribution in [2.24, 2.45) is 0 Å². The molecule has 0 unspecified atom stereocenters. The maximum atomic E-state index is 14.0. The van der Waals surface area contributed by atoms with E-state index in [9.17, 15) is 4.39 Å². The van der Waals surface area contributed by atoms with E-state index in [0.717, 1.165) is 0 Å². The van der Waals surface area contributed by atoms with E-state index in [1.54, 1.807) is 30.5 Å². The van der Waals surface area contributed by atoms with Crippen LogP contribution in [0.5, 0.6) is 0 Å². The van der Waals surface area contributed by atoms with E-state index < -0.39 is 5.82 Å². The van der Waals surface area contributed by atoms with Gasteiger partial charge < -0.3 is 0 Å². The zero-order valence-electron chi connectivity index (χ0n) is 9.44. The van der Waals surface area contributed by atoms with Crippen molar-refractivity contribution < 1.29 is 4.39 Å². The number of nitrogens with zero attached hydrogens (tertiary/aromatic N) is 3. The van der Waals surface area contributed by atoms with E-state index in [0.29, 0.717) is 27.3 Å². The molecular formula is C13H6Cl2FN3. The molecule has 0 fully saturated rings. The van der Waals surface area contributed by atoms with E-state index in [4.69, 9.17) is 23.2 Å². The monoisotopic (exact) mass is 293 g/mol. The van der Waals surface area contributed by atoms with Gasteiger partial charge in [-0.1, -0.05) is 11.6 Å². The molecule has 3 rings (SSSR count). The lowest BCUT2D eigenvalue weighted by Gasteiger charge is -2.06. The number of aromatic nitrogens is 3. The second kappa shape index (κ2) is 4.72. The van der Waals surface area contributed by atoms with Gasteiger partial charge in [0.15, 0.2) is 5.65 Å². The second-order valence-electron chi connectivity index (χ2n) is 3.84. The molecule has 0 saturated heterocycles. The fourth-order valence-electron chi connectivity index (χ4n) is 1.82. The number of hydrogen-bond acceptors (Lipinski definition) is 3. The predicted molar refractivity (Wildman–Crippen MR) is 72.7 cm³/mol. The minimum atomic E-state index is -0.465. The van der Waals surface area contributed by atoms with Crippen molar-refractivity contribution in [1.29, 1.82) is 0 Å². The molecule has 0 saturated carbocycles. The molecule has 0 atom stereocenters. The summed E-state index contributed by atoms with van der Waals surface area (Å²) in [5.41, 5.74) is 1.14. The molecule has 94 valence electrons. The Bertz CT molecular complexity index is 777. The van der Waals surface area contributed by atoms with Gasteiger partial charge in [-0.3, -0.25) is 0 Å². The van der Waals surface area contributed by atoms with Gasteiger partial charge in [0.2, 0.25) is 5.28 Å². The van der Waals surface area contributed by atoms with Crippen LogP contribution in [-0.2, 0) is 0 Å². The first kappa shape index (κ1) is 12.3. The maximum absolute atomic E-state index is 14.0. The van der Waals surface area contributed by atoms with Gasteiger partial charge in [-0.25, -0.2) is 14.4 Å². The smallest absolute Gasteiger partial charge is 0.225 e. The predicted octanol–water partition coefficient (Wildman–Crippen LogP) is 4.14. The summed E-state index contributed by atoms with van der Waals surface area (Å²) < 4.78 is 14.0. The summed E-state index contributed by atoms with van der Waals surface area (Å²) in [6, 6.07) is 7.88. The van der Waals surface area contributed by atoms with E-state index in [2.05, 4.69) is 15.0 Å². The van der Waals surface area contributed by atoms with Crippen molar-refractivity contribution >= 4 is 34.2 Å². The Morgan fingerprint density at radius 3 is 2.68 bits per heavy atom. The number of benzene rings is 1. The molecular weight excluding hydrogens is 288 g/mol. The molecule has 0 radical (unpaired) electrons. The average Bonchev–Trinajstić information content (AvgIpc) is 2.38. The Morgan fingerprint density at radius 1 is 1.05 bits per heavy atom. The third-order valence-electron chi connectivity index (χ3n) is 2.63. The lowest BCUT2D eigenvalue weighted by atomic mass is 10.1. The molecule has 6 heteroatoms. The molecule has 0 N–H and O–H groups in total. The Kier molecular flexibility index (Phi) is 3.05. The first-order valence-corrected chi connectivity index (χ1v) is 6.14. The quantitative estimate of drug-likeness (QED) is 0.633. The molecule has 3 aromatic rings. The van der Waals surface area contributed by atoms with Gasteiger partial charge in [-0.05, 0) is 41.9 Å². The third-order valence-corrected chi connectivity index (χ3v) is 3.03. The molecule has 19 heavy (non-hydrogen) atoms. The van der Waals surface area contributed by atoms with Crippen LogP contribution in [0.1, 0.15) is 0 Å². The standard InChI is InChI=1S/C13H6Cl2FN3/c14-7-3-4-8(10(16)6-7)11-9-2-1-5-17-12(9)19-13(15)18-11/h1-6H. The lowest BCUT2D eigenvalue weighted by molar-refractivity contribution is 0.631. The van der Waals surface area contributed by atoms with Crippen molar-refractivity contribution in [3.63, 3.8) is 0 Å². The van der Waals surface area contributed by atoms with Gasteiger partial charge in [-0.15, -0.1) is 0 Å². The van der Waals surface area contributed by atoms with Crippen molar-refractivity contribution in [3.05, 3.63) is 52.7 Å². The average molecular weight is 294 g/mol. The summed E-state index contributed by atoms with van der Waals surface area (Å²) in [4.78, 5) is 12.2. The molecule has 2 heterocycles. The Morgan fingerprint density at radius 2 is 1.89 bits per heavy atom. The van der Waals surface area contributed by atoms with Gasteiger partial charge >= 0.3 is 0 Å². The number of hydrogen-bond donors (Lipinski definition) is 0. The van der Waals surface area contributed by atoms with Crippen molar-refractivity contribution in [1.82, 2.24) is 15.0 Å². The molecule has 0 spiro atoms. The summed E-state index contributed by atoms with van der Waals surface area (Å²) in [5.74, 6) is -0.465. The van der Waals surface area contributed by atoms with Crippen LogP contribution in [0.3, 0.4) is 0 Å². The van der Waals surface area contributed by atoms with E-state index in [-0.39, 0.29) is 5.28 Å². The van der Waals surface area contributed by atoms with Gasteiger partial charge in [0.25, 0.3) is 0 Å². The molecule has 0 aliphatic rings. The SMILES string of the molecule is Fc1cc(Cl)ccc1-c1nc(Cl)nc2ncccc12. The van der Waals surface area contributed by atoms with Crippen LogP contribution in [0.4, 0.5) is 4.39 Å². The van der Waals surface area contributed by atoms with Crippen LogP contribution in [0.15, 0.2) is 36.5 Å². The number of rotatable bonds is 1. The molecule has 0 aliphatic heterocycles. The number of halogens is 3. The highest BCUT2D eigenvalue weighted by atomic mass is 35.5. The third kappa shape index (κ3) is 2.25. The number of fused-ring (bicyclic) bond motifs is 1. The van der Waals surface area contributed by atoms with Gasteiger partial charge in [0.05, 0.1) is 5.69 Å². The molecule has 0 amide bonds. The first-order valence-electron chi connectivity index (χ1n) is 5.39. The normalized spacial score (nSPS) is 10.9. The van der Waals surface area contributed by atoms with Crippen LogP contribution < -0.4 is 0 Å². The van der Waals surface area contributed by atoms with Crippen LogP contribution in [0.25, 0.3) is 22.3 Å². The molecule has 3 nitrogen and oxygen atoms in total. The highest BCUT2D eigenvalue weighted by Gasteiger charge is 2.13. The summed E-state index contributed by atoms with van der Waals surface area (Å²) in [6.45, 7) is 0. The van der Waals surface area contributed by atoms with Crippen molar-refractivity contribution in [2.45, 2.75) is 0 Å². The fourth-order valence-corrected chi connectivity index (χ4v) is 2.15. The largest absolute Gasteiger partial charge is 0.236 e. The number of pyridine rings is 1. The summed E-state index contributed by atoms with van der Waals surface area (Å²) in [6.07, 6.45) is 1.59. The van der Waals surface area contributed by atoms with E-state index in [1.165, 1.54) is 6.07 Å². The summed E-state index contributed by atoms with van der Waals surface area (Å²) in [5, 5.41) is 0.979. The zero-order chi connectivity index (χ0) is 13.4. The molecule has 0 bridgehead atoms. The highest BCUT2D eigenvalue weighted by molar-refractivity contribution is 6.30. The first-order chi connectivity index (χ1) is 9.15. The highest BCUT2D eigenvalue weighted by Crippen LogP contribution is 2.29. The van der Waals surface area contributed by atoms with Gasteiger partial charge in [0.1, 0.15) is 5.82 Å². The zero-order valence-corrected chi connectivity index (χ0v) is 11.0. The molecule has 1 aromatic carbocycles. The second-order valence-corrected chi connectivity index (χ2v) is 4.61. The molecule has 0 aliphatic carbocycles. The minimum Gasteiger partial charge on any atom is -0.236 e. The van der Waals surface area contributed by atoms with Crippen LogP contribution in [-0.4, -0.2) is 15.0 Å². The fraction of sp³-hybridized carbons (Fsp3) is 0. The van der Waals surface area contributed by atoms with E-state index >= 15 is 0 Å². The topological polar surface area (TPSA) is 38.7 Å². The summed E-state index contributed by atoms with van der Waals surface area (Å²) in [7, 11) is 0. The van der Waals surface area contributed by atoms with Gasteiger partial charge in [-0.2, -0.15) is 4.98 Å². The lowest BCUT2D eigenvalue weighted by Crippen LogP contribution is -1.94. The summed E-state index contributed by atoms with van der Waals surface area (Å²) >= 11 is 11.6. The Hall–Kier alpha value is -1.78. The minimum absolute atomic E-state index is 0.0237. The van der Waals surface area contributed by atoms with Crippen LogP contribution in [0.2, 0.25) is 10.3 Å². The van der Waals surface area contributed by atoms with Crippen molar-refractivity contribution in [3.8, 4) is 11.3 Å². The van der Waals surface area contributed by atoms with E-state index in [1.807, 2.05) is 0 Å². The Balaban J connectivity index is 2.35. The Labute approximate surface area is 118 Å². The van der Waals surface area contributed by atoms with Crippen molar-refractivity contribution in [2.75, 3.05) is 0 Å². The molecule has 2 aromatic heterocycles. The maximum Gasteiger partial charge on any atom is 0.225 e. The van der Waals surface area contributed by atoms with Crippen LogP contribution >= 0.6 is 23.2 Å². The van der Waals surface area contributed by atoms with Gasteiger partial charge in [0, 0.05) is 22.2 Å².